The van der Waals surface area contributed by atoms with Crippen LogP contribution < -0.4 is 0 Å². The number of carbonyl (C=O) groups is 1. The molecule has 0 radical (unpaired) electrons. The molecule has 6 unspecified atom stereocenters. The van der Waals surface area contributed by atoms with Crippen LogP contribution in [0, 0.1) is 0 Å². The Morgan fingerprint density at radius 1 is 0.680 bits per heavy atom. The zero-order chi connectivity index (χ0) is 36.9. The molecule has 1 heterocycles. The second-order valence-electron chi connectivity index (χ2n) is 13.9. The van der Waals surface area contributed by atoms with E-state index < -0.39 is 59.8 Å². The quantitative estimate of drug-likeness (QED) is 0.0303. The molecule has 0 aliphatic carbocycles. The van der Waals surface area contributed by atoms with E-state index in [4.69, 9.17) is 23.5 Å². The lowest BCUT2D eigenvalue weighted by molar-refractivity contribution is -0.301. The first kappa shape index (κ1) is 47.1. The van der Waals surface area contributed by atoms with E-state index in [0.717, 1.165) is 32.1 Å². The summed E-state index contributed by atoms with van der Waals surface area (Å²) in [7, 11) is -5.04. The summed E-state index contributed by atoms with van der Waals surface area (Å²) in [4.78, 5) is 12.4. The fraction of sp³-hybridized carbons (Fsp3) is 0.973. The molecule has 1 saturated heterocycles. The molecule has 0 saturated carbocycles. The van der Waals surface area contributed by atoms with Crippen LogP contribution in [0.1, 0.15) is 168 Å². The highest BCUT2D eigenvalue weighted by Crippen LogP contribution is 2.26. The minimum Gasteiger partial charge on any atom is -0.457 e. The standard InChI is InChI=1S/C37H72O12S/c1-3-5-7-8-9-10-11-12-13-14-15-16-17-18-19-20-21-22-23-25-27-45-29-31(47-33(39)26-24-6-4-2)30-46-37-35(41)36(49-50(42,43)44)34(40)32(28-38)48-37/h31-32,34-38,40-41H,3-30H2,1-2H3,(H,42,43,44). The molecule has 298 valence electrons. The number of hydrogen-bond acceptors (Lipinski definition) is 11. The first-order valence-corrected chi connectivity index (χ1v) is 21.2. The van der Waals surface area contributed by atoms with Gasteiger partial charge in [0.05, 0.1) is 19.8 Å². The second-order valence-corrected chi connectivity index (χ2v) is 14.9. The first-order chi connectivity index (χ1) is 24.1. The van der Waals surface area contributed by atoms with Crippen LogP contribution in [0.3, 0.4) is 0 Å². The molecule has 1 aliphatic heterocycles. The molecule has 13 heteroatoms. The molecule has 6 atom stereocenters. The van der Waals surface area contributed by atoms with Crippen LogP contribution in [0.4, 0.5) is 0 Å². The average molecular weight is 741 g/mol. The molecule has 4 N–H and O–H groups in total. The van der Waals surface area contributed by atoms with Gasteiger partial charge in [0.25, 0.3) is 0 Å². The van der Waals surface area contributed by atoms with E-state index in [1.54, 1.807) is 0 Å². The van der Waals surface area contributed by atoms with Crippen molar-refractivity contribution in [2.75, 3.05) is 26.4 Å². The van der Waals surface area contributed by atoms with Crippen molar-refractivity contribution < 1.29 is 56.2 Å². The van der Waals surface area contributed by atoms with Crippen molar-refractivity contribution in [2.45, 2.75) is 205 Å². The largest absolute Gasteiger partial charge is 0.457 e. The average Bonchev–Trinajstić information content (AvgIpc) is 3.08. The molecule has 1 aliphatic rings. The minimum absolute atomic E-state index is 0.0401. The molecular formula is C37H72O12S. The molecule has 0 bridgehead atoms. The lowest BCUT2D eigenvalue weighted by Gasteiger charge is -2.41. The number of ether oxygens (including phenoxy) is 4. The fourth-order valence-electron chi connectivity index (χ4n) is 6.20. The predicted molar refractivity (Wildman–Crippen MR) is 193 cm³/mol. The fourth-order valence-corrected chi connectivity index (χ4v) is 6.71. The van der Waals surface area contributed by atoms with E-state index in [0.29, 0.717) is 13.0 Å². The number of rotatable bonds is 34. The molecule has 0 spiro atoms. The van der Waals surface area contributed by atoms with Gasteiger partial charge in [-0.1, -0.05) is 149 Å². The summed E-state index contributed by atoms with van der Waals surface area (Å²) in [6.45, 7) is 3.81. The lowest BCUT2D eigenvalue weighted by atomic mass is 9.99. The first-order valence-electron chi connectivity index (χ1n) is 19.8. The summed E-state index contributed by atoms with van der Waals surface area (Å²) in [5.41, 5.74) is 0. The van der Waals surface area contributed by atoms with Crippen LogP contribution in [-0.2, 0) is 38.3 Å². The van der Waals surface area contributed by atoms with Gasteiger partial charge in [0.15, 0.2) is 6.29 Å². The second kappa shape index (κ2) is 30.6. The van der Waals surface area contributed by atoms with E-state index in [-0.39, 0.29) is 19.6 Å². The van der Waals surface area contributed by atoms with E-state index in [1.165, 1.54) is 109 Å². The topological polar surface area (TPSA) is 178 Å². The third kappa shape index (κ3) is 24.4. The normalized spacial score (nSPS) is 21.8. The van der Waals surface area contributed by atoms with Crippen molar-refractivity contribution >= 4 is 16.4 Å². The Morgan fingerprint density at radius 2 is 1.14 bits per heavy atom. The Morgan fingerprint density at radius 3 is 1.60 bits per heavy atom. The molecule has 0 amide bonds. The number of carbonyl (C=O) groups excluding carboxylic acids is 1. The zero-order valence-corrected chi connectivity index (χ0v) is 32.0. The van der Waals surface area contributed by atoms with Gasteiger partial charge in [0.1, 0.15) is 30.5 Å². The third-order valence-electron chi connectivity index (χ3n) is 9.23. The molecule has 12 nitrogen and oxygen atoms in total. The van der Waals surface area contributed by atoms with Crippen LogP contribution in [0.25, 0.3) is 0 Å². The van der Waals surface area contributed by atoms with E-state index in [2.05, 4.69) is 11.1 Å². The number of unbranched alkanes of at least 4 members (excludes halogenated alkanes) is 21. The Balaban J connectivity index is 2.24. The summed E-state index contributed by atoms with van der Waals surface area (Å²) in [6.07, 6.45) is 19.7. The smallest absolute Gasteiger partial charge is 0.397 e. The van der Waals surface area contributed by atoms with Gasteiger partial charge in [0.2, 0.25) is 0 Å². The maximum Gasteiger partial charge on any atom is 0.397 e. The zero-order valence-electron chi connectivity index (χ0n) is 31.2. The molecule has 1 rings (SSSR count). The van der Waals surface area contributed by atoms with E-state index in [1.807, 2.05) is 6.92 Å². The monoisotopic (exact) mass is 740 g/mol. The predicted octanol–water partition coefficient (Wildman–Crippen LogP) is 6.96. The summed E-state index contributed by atoms with van der Waals surface area (Å²) >= 11 is 0. The third-order valence-corrected chi connectivity index (χ3v) is 9.69. The Hall–Kier alpha value is -0.900. The van der Waals surface area contributed by atoms with Gasteiger partial charge in [-0.05, 0) is 12.8 Å². The van der Waals surface area contributed by atoms with Crippen LogP contribution in [-0.4, -0.2) is 97.5 Å². The summed E-state index contributed by atoms with van der Waals surface area (Å²) in [5, 5.41) is 30.3. The Labute approximate surface area is 303 Å². The highest BCUT2D eigenvalue weighted by atomic mass is 32.3. The summed E-state index contributed by atoms with van der Waals surface area (Å²) in [6, 6.07) is 0. The van der Waals surface area contributed by atoms with E-state index in [9.17, 15) is 28.5 Å². The minimum atomic E-state index is -5.04. The van der Waals surface area contributed by atoms with Gasteiger partial charge in [0, 0.05) is 13.0 Å². The van der Waals surface area contributed by atoms with Gasteiger partial charge in [-0.15, -0.1) is 0 Å². The summed E-state index contributed by atoms with van der Waals surface area (Å²) < 4.78 is 58.3. The molecule has 50 heavy (non-hydrogen) atoms. The van der Waals surface area contributed by atoms with Crippen molar-refractivity contribution in [1.29, 1.82) is 0 Å². The lowest BCUT2D eigenvalue weighted by Crippen LogP contribution is -2.60. The summed E-state index contributed by atoms with van der Waals surface area (Å²) in [5.74, 6) is -0.421. The van der Waals surface area contributed by atoms with Gasteiger partial charge < -0.3 is 34.3 Å². The van der Waals surface area contributed by atoms with Crippen LogP contribution in [0.5, 0.6) is 0 Å². The van der Waals surface area contributed by atoms with Gasteiger partial charge in [-0.25, -0.2) is 4.18 Å². The molecule has 0 aromatic carbocycles. The SMILES string of the molecule is CCCCCCCCCCCCCCCCCCCCCCOCC(COC1OC(CO)C(O)C(OS(=O)(=O)O)C1O)OC(=O)CCCCC. The number of hydrogen-bond donors (Lipinski definition) is 4. The van der Waals surface area contributed by atoms with E-state index >= 15 is 0 Å². The van der Waals surface area contributed by atoms with Gasteiger partial charge >= 0.3 is 16.4 Å². The van der Waals surface area contributed by atoms with Crippen molar-refractivity contribution in [2.24, 2.45) is 0 Å². The molecular weight excluding hydrogens is 668 g/mol. The Bertz CT molecular complexity index is 905. The van der Waals surface area contributed by atoms with Crippen LogP contribution >= 0.6 is 0 Å². The molecule has 0 aromatic heterocycles. The molecule has 0 aromatic rings. The number of aliphatic hydroxyl groups excluding tert-OH is 3. The van der Waals surface area contributed by atoms with Crippen molar-refractivity contribution in [3.63, 3.8) is 0 Å². The maximum absolute atomic E-state index is 12.4. The van der Waals surface area contributed by atoms with Crippen LogP contribution in [0.15, 0.2) is 0 Å². The molecule has 1 fully saturated rings. The van der Waals surface area contributed by atoms with Crippen LogP contribution in [0.2, 0.25) is 0 Å². The highest BCUT2D eigenvalue weighted by molar-refractivity contribution is 7.80. The number of aliphatic hydroxyl groups is 3. The van der Waals surface area contributed by atoms with Gasteiger partial charge in [-0.2, -0.15) is 8.42 Å². The van der Waals surface area contributed by atoms with Crippen molar-refractivity contribution in [1.82, 2.24) is 0 Å². The van der Waals surface area contributed by atoms with Gasteiger partial charge in [-0.3, -0.25) is 9.35 Å². The van der Waals surface area contributed by atoms with Crippen molar-refractivity contribution in [3.8, 4) is 0 Å². The highest BCUT2D eigenvalue weighted by Gasteiger charge is 2.48. The maximum atomic E-state index is 12.4. The number of esters is 1. The Kier molecular flexibility index (Phi) is 28.8. The van der Waals surface area contributed by atoms with Crippen molar-refractivity contribution in [3.05, 3.63) is 0 Å².